The Morgan fingerprint density at radius 3 is 2.45 bits per heavy atom. The topological polar surface area (TPSA) is 32.9 Å². The molecule has 0 amide bonds. The summed E-state index contributed by atoms with van der Waals surface area (Å²) in [6, 6.07) is 24.1. The second kappa shape index (κ2) is 9.18. The zero-order valence-corrected chi connectivity index (χ0v) is 19.0. The van der Waals surface area contributed by atoms with Crippen molar-refractivity contribution < 1.29 is 4.39 Å². The molecule has 0 aliphatic carbocycles. The van der Waals surface area contributed by atoms with Crippen molar-refractivity contribution in [2.45, 2.75) is 5.92 Å². The van der Waals surface area contributed by atoms with E-state index in [1.165, 1.54) is 17.7 Å². The van der Waals surface area contributed by atoms with E-state index in [9.17, 15) is 9.18 Å². The summed E-state index contributed by atoms with van der Waals surface area (Å²) in [6.45, 7) is 0. The Balaban J connectivity index is 1.64. The maximum Gasteiger partial charge on any atom is 0.249 e. The van der Waals surface area contributed by atoms with Crippen LogP contribution in [0.4, 0.5) is 4.39 Å². The fourth-order valence-electron chi connectivity index (χ4n) is 4.08. The minimum atomic E-state index is -0.295. The molecule has 2 aromatic heterocycles. The number of fused-ring (bicyclic) bond motifs is 1. The minimum Gasteiger partial charge on any atom is -0.322 e. The van der Waals surface area contributed by atoms with Gasteiger partial charge in [-0.25, -0.2) is 4.39 Å². The summed E-state index contributed by atoms with van der Waals surface area (Å²) in [5.74, 6) is -0.262. The van der Waals surface area contributed by atoms with Crippen molar-refractivity contribution >= 4 is 46.0 Å². The molecule has 1 unspecified atom stereocenters. The second-order valence-electron chi connectivity index (χ2n) is 7.82. The monoisotopic (exact) mass is 471 g/mol. The molecular weight excluding hydrogens is 453 g/mol. The highest BCUT2D eigenvalue weighted by molar-refractivity contribution is 7.08. The summed E-state index contributed by atoms with van der Waals surface area (Å²) in [6.07, 6.45) is 3.68. The molecule has 0 spiro atoms. The van der Waals surface area contributed by atoms with Crippen LogP contribution in [0.5, 0.6) is 0 Å². The van der Waals surface area contributed by atoms with Crippen molar-refractivity contribution in [1.29, 1.82) is 0 Å². The minimum absolute atomic E-state index is 0.0323. The van der Waals surface area contributed by atoms with E-state index in [1.807, 2.05) is 48.6 Å². The lowest BCUT2D eigenvalue weighted by Gasteiger charge is -2.18. The van der Waals surface area contributed by atoms with Gasteiger partial charge >= 0.3 is 0 Å². The van der Waals surface area contributed by atoms with Crippen LogP contribution in [-0.2, 0) is 0 Å². The summed E-state index contributed by atoms with van der Waals surface area (Å²) >= 11 is 7.79. The zero-order valence-electron chi connectivity index (χ0n) is 17.5. The van der Waals surface area contributed by atoms with E-state index in [1.54, 1.807) is 23.5 Å². The van der Waals surface area contributed by atoms with Gasteiger partial charge in [-0.1, -0.05) is 54.1 Å². The van der Waals surface area contributed by atoms with Gasteiger partial charge in [0.15, 0.2) is 0 Å². The van der Waals surface area contributed by atoms with Crippen LogP contribution in [0.25, 0.3) is 23.1 Å². The Morgan fingerprint density at radius 1 is 0.879 bits per heavy atom. The van der Waals surface area contributed by atoms with Gasteiger partial charge in [0.1, 0.15) is 5.82 Å². The summed E-state index contributed by atoms with van der Waals surface area (Å²) in [5.41, 5.74) is 5.53. The van der Waals surface area contributed by atoms with Crippen LogP contribution in [0.3, 0.4) is 0 Å². The number of halogens is 2. The van der Waals surface area contributed by atoms with Crippen LogP contribution in [0.15, 0.2) is 94.4 Å². The average molecular weight is 472 g/mol. The molecule has 5 rings (SSSR count). The van der Waals surface area contributed by atoms with Gasteiger partial charge < -0.3 is 4.98 Å². The smallest absolute Gasteiger partial charge is 0.249 e. The number of hydrogen-bond donors (Lipinski definition) is 1. The van der Waals surface area contributed by atoms with Crippen LogP contribution >= 0.6 is 22.9 Å². The largest absolute Gasteiger partial charge is 0.322 e. The third kappa shape index (κ3) is 4.68. The van der Waals surface area contributed by atoms with Gasteiger partial charge in [0, 0.05) is 27.9 Å². The van der Waals surface area contributed by atoms with Gasteiger partial charge in [-0.2, -0.15) is 11.3 Å². The second-order valence-corrected chi connectivity index (χ2v) is 9.04. The van der Waals surface area contributed by atoms with Gasteiger partial charge in [-0.15, -0.1) is 0 Å². The number of nitrogens with one attached hydrogen (secondary N) is 1. The van der Waals surface area contributed by atoms with Crippen molar-refractivity contribution in [3.63, 3.8) is 0 Å². The third-order valence-corrected chi connectivity index (χ3v) is 6.57. The molecule has 0 saturated heterocycles. The first-order valence-electron chi connectivity index (χ1n) is 10.4. The van der Waals surface area contributed by atoms with Crippen LogP contribution in [-0.4, -0.2) is 4.98 Å². The molecule has 0 aliphatic rings. The molecule has 0 aliphatic heterocycles. The lowest BCUT2D eigenvalue weighted by molar-refractivity contribution is 0.627. The molecule has 1 atom stereocenters. The van der Waals surface area contributed by atoms with Crippen LogP contribution in [0.1, 0.15) is 33.7 Å². The molecule has 5 aromatic rings. The number of hydrogen-bond acceptors (Lipinski definition) is 2. The van der Waals surface area contributed by atoms with Crippen LogP contribution in [0, 0.1) is 5.82 Å². The fourth-order valence-corrected chi connectivity index (χ4v) is 4.90. The SMILES string of the molecule is O=c1cc(/C=C/c2cccc(F)c2)c2cc(C(c3ccc(Cl)cc3)c3ccsc3)ccc2[nH]1. The summed E-state index contributed by atoms with van der Waals surface area (Å²) in [4.78, 5) is 15.2. The van der Waals surface area contributed by atoms with Gasteiger partial charge in [-0.3, -0.25) is 4.79 Å². The molecule has 2 nitrogen and oxygen atoms in total. The Bertz CT molecular complexity index is 1500. The third-order valence-electron chi connectivity index (χ3n) is 5.62. The normalized spacial score (nSPS) is 12.4. The molecule has 1 N–H and O–H groups in total. The van der Waals surface area contributed by atoms with Crippen molar-refractivity contribution in [3.05, 3.63) is 139 Å². The summed E-state index contributed by atoms with van der Waals surface area (Å²) < 4.78 is 13.6. The first kappa shape index (κ1) is 21.4. The molecule has 33 heavy (non-hydrogen) atoms. The molecule has 0 bridgehead atoms. The predicted molar refractivity (Wildman–Crippen MR) is 137 cm³/mol. The van der Waals surface area contributed by atoms with Crippen molar-refractivity contribution in [3.8, 4) is 0 Å². The predicted octanol–water partition coefficient (Wildman–Crippen LogP) is 7.73. The van der Waals surface area contributed by atoms with Crippen LogP contribution < -0.4 is 5.56 Å². The Morgan fingerprint density at radius 2 is 1.70 bits per heavy atom. The summed E-state index contributed by atoms with van der Waals surface area (Å²) in [5, 5.41) is 5.85. The molecule has 0 fully saturated rings. The van der Waals surface area contributed by atoms with E-state index in [4.69, 9.17) is 11.6 Å². The van der Waals surface area contributed by atoms with E-state index in [0.717, 1.165) is 33.2 Å². The quantitative estimate of drug-likeness (QED) is 0.279. The molecular formula is C28H19ClFNOS. The van der Waals surface area contributed by atoms with E-state index < -0.39 is 0 Å². The number of aromatic amines is 1. The van der Waals surface area contributed by atoms with Gasteiger partial charge in [-0.05, 0) is 81.0 Å². The highest BCUT2D eigenvalue weighted by Gasteiger charge is 2.18. The lowest BCUT2D eigenvalue weighted by atomic mass is 9.85. The van der Waals surface area contributed by atoms with E-state index in [2.05, 4.69) is 33.9 Å². The van der Waals surface area contributed by atoms with Gasteiger partial charge in [0.2, 0.25) is 5.56 Å². The Hall–Kier alpha value is -3.47. The standard InChI is InChI=1S/C28H19ClFNOS/c29-23-9-6-19(7-10-23)28(22-12-13-33-17-22)21-8-11-26-25(15-21)20(16-27(32)31-26)5-4-18-2-1-3-24(30)14-18/h1-17,28H,(H,31,32)/b5-4+. The highest BCUT2D eigenvalue weighted by Crippen LogP contribution is 2.35. The Kier molecular flexibility index (Phi) is 5.95. The van der Waals surface area contributed by atoms with E-state index in [-0.39, 0.29) is 17.3 Å². The molecule has 5 heteroatoms. The average Bonchev–Trinajstić information content (AvgIpc) is 3.33. The van der Waals surface area contributed by atoms with Gasteiger partial charge in [0.05, 0.1) is 0 Å². The number of benzene rings is 3. The Labute approximate surface area is 199 Å². The van der Waals surface area contributed by atoms with Crippen molar-refractivity contribution in [1.82, 2.24) is 4.98 Å². The molecule has 0 radical (unpaired) electrons. The number of rotatable bonds is 5. The molecule has 3 aromatic carbocycles. The number of H-pyrrole nitrogens is 1. The fraction of sp³-hybridized carbons (Fsp3) is 0.0357. The maximum atomic E-state index is 13.6. The van der Waals surface area contributed by atoms with Gasteiger partial charge in [0.25, 0.3) is 0 Å². The highest BCUT2D eigenvalue weighted by atomic mass is 35.5. The molecule has 162 valence electrons. The zero-order chi connectivity index (χ0) is 22.8. The maximum absolute atomic E-state index is 13.6. The van der Waals surface area contributed by atoms with Crippen molar-refractivity contribution in [2.24, 2.45) is 0 Å². The summed E-state index contributed by atoms with van der Waals surface area (Å²) in [7, 11) is 0. The first-order chi connectivity index (χ1) is 16.1. The molecule has 2 heterocycles. The lowest BCUT2D eigenvalue weighted by Crippen LogP contribution is -2.07. The van der Waals surface area contributed by atoms with E-state index >= 15 is 0 Å². The van der Waals surface area contributed by atoms with Crippen LogP contribution in [0.2, 0.25) is 5.02 Å². The number of aromatic nitrogens is 1. The molecule has 0 saturated carbocycles. The number of thiophene rings is 1. The van der Waals surface area contributed by atoms with E-state index in [0.29, 0.717) is 5.02 Å². The van der Waals surface area contributed by atoms with Crippen molar-refractivity contribution in [2.75, 3.05) is 0 Å². The number of pyridine rings is 1. The first-order valence-corrected chi connectivity index (χ1v) is 11.8.